The number of amides is 1. The van der Waals surface area contributed by atoms with Gasteiger partial charge in [-0.25, -0.2) is 9.78 Å². The highest BCUT2D eigenvalue weighted by molar-refractivity contribution is 7.99. The third-order valence-electron chi connectivity index (χ3n) is 2.44. The lowest BCUT2D eigenvalue weighted by Crippen LogP contribution is -2.42. The molecule has 8 heteroatoms. The molecule has 0 unspecified atom stereocenters. The number of aromatic nitrogens is 1. The second-order valence-corrected chi connectivity index (χ2v) is 5.39. The molecular weight excluding hydrogens is 299 g/mol. The lowest BCUT2D eigenvalue weighted by Gasteiger charge is -2.20. The number of aliphatic carboxylic acids is 1. The van der Waals surface area contributed by atoms with Crippen LogP contribution in [-0.4, -0.2) is 44.5 Å². The van der Waals surface area contributed by atoms with Crippen LogP contribution in [0.2, 0.25) is 10.2 Å². The van der Waals surface area contributed by atoms with Crippen LogP contribution in [0.4, 0.5) is 0 Å². The molecule has 0 bridgehead atoms. The van der Waals surface area contributed by atoms with E-state index in [0.717, 1.165) is 0 Å². The summed E-state index contributed by atoms with van der Waals surface area (Å²) in [6, 6.07) is 2.08. The van der Waals surface area contributed by atoms with Gasteiger partial charge in [-0.1, -0.05) is 23.2 Å². The molecule has 18 heavy (non-hydrogen) atoms. The van der Waals surface area contributed by atoms with Crippen molar-refractivity contribution in [2.75, 3.05) is 11.6 Å². The van der Waals surface area contributed by atoms with Gasteiger partial charge in [0.2, 0.25) is 0 Å². The molecule has 0 spiro atoms. The molecule has 0 radical (unpaired) electrons. The molecule has 1 aliphatic rings. The Balaban J connectivity index is 2.31. The van der Waals surface area contributed by atoms with Crippen LogP contribution in [0.5, 0.6) is 0 Å². The van der Waals surface area contributed by atoms with E-state index >= 15 is 0 Å². The van der Waals surface area contributed by atoms with E-state index in [9.17, 15) is 9.59 Å². The number of carboxylic acids is 1. The van der Waals surface area contributed by atoms with Crippen LogP contribution in [0.25, 0.3) is 0 Å². The van der Waals surface area contributed by atoms with E-state index in [1.54, 1.807) is 0 Å². The zero-order valence-corrected chi connectivity index (χ0v) is 11.3. The number of hydrogen-bond acceptors (Lipinski definition) is 4. The maximum atomic E-state index is 12.2. The van der Waals surface area contributed by atoms with Crippen molar-refractivity contribution in [3.63, 3.8) is 0 Å². The van der Waals surface area contributed by atoms with Crippen LogP contribution in [0.15, 0.2) is 12.1 Å². The van der Waals surface area contributed by atoms with Crippen LogP contribution in [0, 0.1) is 0 Å². The minimum Gasteiger partial charge on any atom is -0.480 e. The van der Waals surface area contributed by atoms with Crippen molar-refractivity contribution in [3.05, 3.63) is 28.0 Å². The molecule has 2 rings (SSSR count). The maximum Gasteiger partial charge on any atom is 0.327 e. The summed E-state index contributed by atoms with van der Waals surface area (Å²) in [6.45, 7) is 0. The summed E-state index contributed by atoms with van der Waals surface area (Å²) >= 11 is 13.0. The van der Waals surface area contributed by atoms with Gasteiger partial charge < -0.3 is 10.0 Å². The Labute approximate surface area is 117 Å². The van der Waals surface area contributed by atoms with Crippen molar-refractivity contribution in [1.82, 2.24) is 9.88 Å². The van der Waals surface area contributed by atoms with E-state index in [1.807, 2.05) is 0 Å². The number of nitrogens with zero attached hydrogens (tertiary/aromatic N) is 2. The average Bonchev–Trinajstić information content (AvgIpc) is 2.80. The molecule has 2 heterocycles. The standard InChI is InChI=1S/C10H8Cl2N2O3S/c11-5-1-2-7(12)13-8(5)9(15)14-4-18-3-6(14)10(16)17/h1-2,6H,3-4H2,(H,16,17)/t6-/m0/s1. The molecule has 1 N–H and O–H groups in total. The van der Waals surface area contributed by atoms with Gasteiger partial charge in [-0.3, -0.25) is 4.79 Å². The first kappa shape index (κ1) is 13.5. The second-order valence-electron chi connectivity index (χ2n) is 3.59. The van der Waals surface area contributed by atoms with Gasteiger partial charge in [0.05, 0.1) is 10.9 Å². The minimum atomic E-state index is -1.04. The average molecular weight is 307 g/mol. The Morgan fingerprint density at radius 2 is 2.17 bits per heavy atom. The highest BCUT2D eigenvalue weighted by atomic mass is 35.5. The molecule has 1 aromatic heterocycles. The zero-order chi connectivity index (χ0) is 13.3. The van der Waals surface area contributed by atoms with Crippen LogP contribution < -0.4 is 0 Å². The van der Waals surface area contributed by atoms with E-state index in [-0.39, 0.29) is 15.9 Å². The van der Waals surface area contributed by atoms with Crippen LogP contribution in [0.3, 0.4) is 0 Å². The predicted octanol–water partition coefficient (Wildman–Crippen LogP) is 1.99. The first-order valence-electron chi connectivity index (χ1n) is 4.94. The van der Waals surface area contributed by atoms with E-state index in [4.69, 9.17) is 28.3 Å². The fourth-order valence-electron chi connectivity index (χ4n) is 1.55. The van der Waals surface area contributed by atoms with Gasteiger partial charge in [-0.05, 0) is 12.1 Å². The number of rotatable bonds is 2. The zero-order valence-electron chi connectivity index (χ0n) is 8.97. The van der Waals surface area contributed by atoms with Crippen molar-refractivity contribution in [1.29, 1.82) is 0 Å². The lowest BCUT2D eigenvalue weighted by atomic mass is 10.2. The predicted molar refractivity (Wildman–Crippen MR) is 69.2 cm³/mol. The molecule has 1 fully saturated rings. The summed E-state index contributed by atoms with van der Waals surface area (Å²) < 4.78 is 0. The number of carbonyl (C=O) groups is 2. The Hall–Kier alpha value is -0.980. The molecule has 1 saturated heterocycles. The molecule has 96 valence electrons. The Morgan fingerprint density at radius 3 is 2.83 bits per heavy atom. The van der Waals surface area contributed by atoms with Crippen LogP contribution in [-0.2, 0) is 4.79 Å². The van der Waals surface area contributed by atoms with E-state index < -0.39 is 17.9 Å². The first-order chi connectivity index (χ1) is 8.50. The molecule has 0 saturated carbocycles. The quantitative estimate of drug-likeness (QED) is 0.846. The minimum absolute atomic E-state index is 0.0158. The largest absolute Gasteiger partial charge is 0.480 e. The molecule has 1 amide bonds. The number of pyridine rings is 1. The van der Waals surface area contributed by atoms with Crippen LogP contribution in [0.1, 0.15) is 10.5 Å². The van der Waals surface area contributed by atoms with E-state index in [0.29, 0.717) is 11.6 Å². The van der Waals surface area contributed by atoms with E-state index in [1.165, 1.54) is 28.8 Å². The number of thioether (sulfide) groups is 1. The third kappa shape index (κ3) is 2.55. The highest BCUT2D eigenvalue weighted by Gasteiger charge is 2.36. The summed E-state index contributed by atoms with van der Waals surface area (Å²) in [5, 5.41) is 9.31. The van der Waals surface area contributed by atoms with Gasteiger partial charge >= 0.3 is 5.97 Å². The summed E-state index contributed by atoms with van der Waals surface area (Å²) in [5.41, 5.74) is -0.0158. The Kier molecular flexibility index (Phi) is 3.99. The van der Waals surface area contributed by atoms with Crippen LogP contribution >= 0.6 is 35.0 Å². The van der Waals surface area contributed by atoms with E-state index in [2.05, 4.69) is 4.98 Å². The normalized spacial score (nSPS) is 19.0. The van der Waals surface area contributed by atoms with Gasteiger partial charge in [0.25, 0.3) is 5.91 Å². The topological polar surface area (TPSA) is 70.5 Å². The van der Waals surface area contributed by atoms with Crippen molar-refractivity contribution >= 4 is 46.8 Å². The lowest BCUT2D eigenvalue weighted by molar-refractivity contribution is -0.140. The van der Waals surface area contributed by atoms with Gasteiger partial charge in [-0.15, -0.1) is 11.8 Å². The van der Waals surface area contributed by atoms with Gasteiger partial charge in [0, 0.05) is 5.75 Å². The smallest absolute Gasteiger partial charge is 0.327 e. The number of carboxylic acid groups (broad SMARTS) is 1. The van der Waals surface area contributed by atoms with Crippen molar-refractivity contribution in [3.8, 4) is 0 Å². The Bertz CT molecular complexity index is 512. The fourth-order valence-corrected chi connectivity index (χ4v) is 3.03. The summed E-state index contributed by atoms with van der Waals surface area (Å²) in [4.78, 5) is 28.3. The maximum absolute atomic E-state index is 12.2. The molecule has 1 aliphatic heterocycles. The third-order valence-corrected chi connectivity index (χ3v) is 3.97. The molecule has 1 aromatic rings. The fraction of sp³-hybridized carbons (Fsp3) is 0.300. The number of hydrogen-bond donors (Lipinski definition) is 1. The monoisotopic (exact) mass is 306 g/mol. The molecule has 1 atom stereocenters. The van der Waals surface area contributed by atoms with Crippen molar-refractivity contribution < 1.29 is 14.7 Å². The summed E-state index contributed by atoms with van der Waals surface area (Å²) in [7, 11) is 0. The van der Waals surface area contributed by atoms with Gasteiger partial charge in [0.15, 0.2) is 0 Å². The van der Waals surface area contributed by atoms with Crippen molar-refractivity contribution in [2.45, 2.75) is 6.04 Å². The molecule has 0 aliphatic carbocycles. The summed E-state index contributed by atoms with van der Waals surface area (Å²) in [5.74, 6) is -0.883. The molecule has 0 aromatic carbocycles. The Morgan fingerprint density at radius 1 is 1.44 bits per heavy atom. The second kappa shape index (κ2) is 5.34. The highest BCUT2D eigenvalue weighted by Crippen LogP contribution is 2.25. The first-order valence-corrected chi connectivity index (χ1v) is 6.85. The van der Waals surface area contributed by atoms with Gasteiger partial charge in [-0.2, -0.15) is 0 Å². The number of carbonyl (C=O) groups excluding carboxylic acids is 1. The summed E-state index contributed by atoms with van der Waals surface area (Å²) in [6.07, 6.45) is 0. The number of halogens is 2. The molecular formula is C10H8Cl2N2O3S. The van der Waals surface area contributed by atoms with Gasteiger partial charge in [0.1, 0.15) is 16.9 Å². The SMILES string of the molecule is O=C(O)[C@@H]1CSCN1C(=O)c1nc(Cl)ccc1Cl. The molecule has 5 nitrogen and oxygen atoms in total. The van der Waals surface area contributed by atoms with Crippen molar-refractivity contribution in [2.24, 2.45) is 0 Å².